The number of carbonyl (C=O) groups excluding carboxylic acids is 1. The molecule has 0 unspecified atom stereocenters. The van der Waals surface area contributed by atoms with Gasteiger partial charge in [0.1, 0.15) is 0 Å². The summed E-state index contributed by atoms with van der Waals surface area (Å²) in [7, 11) is 0. The first kappa shape index (κ1) is 13.3. The monoisotopic (exact) mass is 254 g/mol. The molecule has 0 aliphatic rings. The average molecular weight is 254 g/mol. The number of rotatable bonds is 4. The van der Waals surface area contributed by atoms with Crippen molar-refractivity contribution in [1.29, 1.82) is 0 Å². The summed E-state index contributed by atoms with van der Waals surface area (Å²) in [6, 6.07) is 16.0. The molecular weight excluding hydrogens is 236 g/mol. The molecule has 0 N–H and O–H groups in total. The number of hydrogen-bond donors (Lipinski definition) is 0. The molecule has 2 nitrogen and oxygen atoms in total. The lowest BCUT2D eigenvalue weighted by Gasteiger charge is -2.10. The summed E-state index contributed by atoms with van der Waals surface area (Å²) in [6.07, 6.45) is 0.886. The minimum atomic E-state index is -0.253. The molecule has 2 rings (SSSR count). The predicted molar refractivity (Wildman–Crippen MR) is 77.2 cm³/mol. The summed E-state index contributed by atoms with van der Waals surface area (Å²) in [6.45, 7) is 4.31. The first-order chi connectivity index (χ1) is 9.26. The fourth-order valence-corrected chi connectivity index (χ4v) is 2.13. The van der Waals surface area contributed by atoms with Crippen molar-refractivity contribution in [1.82, 2.24) is 0 Å². The van der Waals surface area contributed by atoms with Gasteiger partial charge in [0.25, 0.3) is 0 Å². The van der Waals surface area contributed by atoms with Crippen LogP contribution in [0.5, 0.6) is 0 Å². The van der Waals surface area contributed by atoms with Crippen LogP contribution in [0.3, 0.4) is 0 Å². The Bertz CT molecular complexity index is 559. The Morgan fingerprint density at radius 3 is 2.42 bits per heavy atom. The number of hydrogen-bond acceptors (Lipinski definition) is 2. The summed E-state index contributed by atoms with van der Waals surface area (Å²) < 4.78 is 5.03. The minimum absolute atomic E-state index is 0.253. The second-order valence-electron chi connectivity index (χ2n) is 4.31. The minimum Gasteiger partial charge on any atom is -0.462 e. The lowest BCUT2D eigenvalue weighted by Crippen LogP contribution is -2.05. The Labute approximate surface area is 114 Å². The van der Waals surface area contributed by atoms with Crippen molar-refractivity contribution in [3.05, 3.63) is 59.7 Å². The van der Waals surface area contributed by atoms with Gasteiger partial charge in [-0.15, -0.1) is 0 Å². The Balaban J connectivity index is 2.40. The maximum atomic E-state index is 11.7. The molecule has 0 aliphatic heterocycles. The molecule has 0 saturated heterocycles. The Morgan fingerprint density at radius 1 is 1.05 bits per heavy atom. The molecule has 0 radical (unpaired) electrons. The van der Waals surface area contributed by atoms with Crippen molar-refractivity contribution in [3.63, 3.8) is 0 Å². The van der Waals surface area contributed by atoms with Gasteiger partial charge in [-0.05, 0) is 42.2 Å². The fraction of sp³-hybridized carbons (Fsp3) is 0.235. The van der Waals surface area contributed by atoms with Gasteiger partial charge in [0.05, 0.1) is 12.2 Å². The highest BCUT2D eigenvalue weighted by Crippen LogP contribution is 2.25. The molecular formula is C17H18O2. The third-order valence-electron chi connectivity index (χ3n) is 3.08. The van der Waals surface area contributed by atoms with Crippen LogP contribution in [0.25, 0.3) is 11.1 Å². The molecule has 2 aromatic rings. The van der Waals surface area contributed by atoms with E-state index in [0.717, 1.165) is 12.0 Å². The van der Waals surface area contributed by atoms with E-state index in [4.69, 9.17) is 4.74 Å². The number of aryl methyl sites for hydroxylation is 1. The van der Waals surface area contributed by atoms with Crippen molar-refractivity contribution in [3.8, 4) is 11.1 Å². The highest BCUT2D eigenvalue weighted by atomic mass is 16.5. The first-order valence-corrected chi connectivity index (χ1v) is 6.61. The van der Waals surface area contributed by atoms with E-state index in [1.165, 1.54) is 11.1 Å². The molecule has 0 aromatic heterocycles. The summed E-state index contributed by atoms with van der Waals surface area (Å²) >= 11 is 0. The summed E-state index contributed by atoms with van der Waals surface area (Å²) in [5.41, 5.74) is 4.14. The van der Waals surface area contributed by atoms with Gasteiger partial charge in [-0.3, -0.25) is 0 Å². The zero-order chi connectivity index (χ0) is 13.7. The van der Waals surface area contributed by atoms with Gasteiger partial charge >= 0.3 is 5.97 Å². The van der Waals surface area contributed by atoms with Crippen LogP contribution in [0.1, 0.15) is 29.8 Å². The summed E-state index contributed by atoms with van der Waals surface area (Å²) in [5.74, 6) is -0.253. The van der Waals surface area contributed by atoms with Gasteiger partial charge in [0, 0.05) is 0 Å². The average Bonchev–Trinajstić information content (AvgIpc) is 2.47. The van der Waals surface area contributed by atoms with Crippen LogP contribution >= 0.6 is 0 Å². The van der Waals surface area contributed by atoms with E-state index in [-0.39, 0.29) is 5.97 Å². The van der Waals surface area contributed by atoms with Crippen molar-refractivity contribution in [2.45, 2.75) is 20.3 Å². The third kappa shape index (κ3) is 3.02. The van der Waals surface area contributed by atoms with Crippen molar-refractivity contribution in [2.24, 2.45) is 0 Å². The lowest BCUT2D eigenvalue weighted by molar-refractivity contribution is 0.0526. The Kier molecular flexibility index (Phi) is 4.35. The molecule has 0 atom stereocenters. The topological polar surface area (TPSA) is 26.3 Å². The molecule has 0 heterocycles. The lowest BCUT2D eigenvalue weighted by atomic mass is 9.96. The third-order valence-corrected chi connectivity index (χ3v) is 3.08. The molecule has 0 fully saturated rings. The van der Waals surface area contributed by atoms with Crippen LogP contribution in [0.2, 0.25) is 0 Å². The van der Waals surface area contributed by atoms with Crippen molar-refractivity contribution < 1.29 is 9.53 Å². The zero-order valence-electron chi connectivity index (χ0n) is 11.3. The molecule has 0 amide bonds. The molecule has 2 aromatic carbocycles. The van der Waals surface area contributed by atoms with Crippen LogP contribution in [0.4, 0.5) is 0 Å². The number of carbonyl (C=O) groups is 1. The predicted octanol–water partition coefficient (Wildman–Crippen LogP) is 4.09. The van der Waals surface area contributed by atoms with E-state index < -0.39 is 0 Å². The van der Waals surface area contributed by atoms with Crippen LogP contribution in [-0.4, -0.2) is 12.6 Å². The number of benzene rings is 2. The molecule has 0 aliphatic carbocycles. The molecule has 0 bridgehead atoms. The van der Waals surface area contributed by atoms with Crippen LogP contribution in [-0.2, 0) is 11.2 Å². The van der Waals surface area contributed by atoms with E-state index in [1.807, 2.05) is 43.3 Å². The maximum Gasteiger partial charge on any atom is 0.338 e. The normalized spacial score (nSPS) is 10.2. The standard InChI is InChI=1S/C17H18O2/c1-3-13-12-15(17(18)19-4-2)10-11-16(13)14-8-6-5-7-9-14/h5-12H,3-4H2,1-2H3. The maximum absolute atomic E-state index is 11.7. The Morgan fingerprint density at radius 2 is 1.79 bits per heavy atom. The summed E-state index contributed by atoms with van der Waals surface area (Å²) in [5, 5.41) is 0. The molecule has 0 saturated carbocycles. The van der Waals surface area contributed by atoms with Crippen LogP contribution in [0, 0.1) is 0 Å². The molecule has 0 spiro atoms. The zero-order valence-corrected chi connectivity index (χ0v) is 11.3. The van der Waals surface area contributed by atoms with Gasteiger partial charge in [-0.2, -0.15) is 0 Å². The Hall–Kier alpha value is -2.09. The molecule has 98 valence electrons. The van der Waals surface area contributed by atoms with E-state index in [2.05, 4.69) is 19.1 Å². The molecule has 2 heteroatoms. The van der Waals surface area contributed by atoms with Crippen molar-refractivity contribution in [2.75, 3.05) is 6.61 Å². The first-order valence-electron chi connectivity index (χ1n) is 6.61. The summed E-state index contributed by atoms with van der Waals surface area (Å²) in [4.78, 5) is 11.7. The van der Waals surface area contributed by atoms with E-state index >= 15 is 0 Å². The highest BCUT2D eigenvalue weighted by molar-refractivity contribution is 5.90. The molecule has 19 heavy (non-hydrogen) atoms. The van der Waals surface area contributed by atoms with Gasteiger partial charge in [0.15, 0.2) is 0 Å². The number of esters is 1. The highest BCUT2D eigenvalue weighted by Gasteiger charge is 2.10. The SMILES string of the molecule is CCOC(=O)c1ccc(-c2ccccc2)c(CC)c1. The van der Waals surface area contributed by atoms with E-state index in [0.29, 0.717) is 12.2 Å². The second-order valence-corrected chi connectivity index (χ2v) is 4.31. The van der Waals surface area contributed by atoms with Crippen LogP contribution in [0.15, 0.2) is 48.5 Å². The smallest absolute Gasteiger partial charge is 0.338 e. The van der Waals surface area contributed by atoms with Crippen molar-refractivity contribution >= 4 is 5.97 Å². The largest absolute Gasteiger partial charge is 0.462 e. The van der Waals surface area contributed by atoms with Gasteiger partial charge < -0.3 is 4.74 Å². The van der Waals surface area contributed by atoms with E-state index in [1.54, 1.807) is 0 Å². The second kappa shape index (κ2) is 6.19. The van der Waals surface area contributed by atoms with Crippen LogP contribution < -0.4 is 0 Å². The van der Waals surface area contributed by atoms with Gasteiger partial charge in [-0.1, -0.05) is 43.3 Å². The number of ether oxygens (including phenoxy) is 1. The quantitative estimate of drug-likeness (QED) is 0.768. The van der Waals surface area contributed by atoms with Gasteiger partial charge in [-0.25, -0.2) is 4.79 Å². The van der Waals surface area contributed by atoms with Gasteiger partial charge in [0.2, 0.25) is 0 Å². The van der Waals surface area contributed by atoms with E-state index in [9.17, 15) is 4.79 Å². The fourth-order valence-electron chi connectivity index (χ4n) is 2.13.